The summed E-state index contributed by atoms with van der Waals surface area (Å²) >= 11 is 0. The molecule has 0 saturated carbocycles. The minimum atomic E-state index is -0.273. The Hall–Kier alpha value is -1.05. The maximum atomic E-state index is 11.9. The Bertz CT molecular complexity index is 279. The summed E-state index contributed by atoms with van der Waals surface area (Å²) in [5.74, 6) is 1.14. The first-order chi connectivity index (χ1) is 6.45. The zero-order chi connectivity index (χ0) is 10.8. The van der Waals surface area contributed by atoms with Gasteiger partial charge in [-0.2, -0.15) is 0 Å². The van der Waals surface area contributed by atoms with Crippen molar-refractivity contribution in [3.63, 3.8) is 0 Å². The van der Waals surface area contributed by atoms with Crippen molar-refractivity contribution in [2.45, 2.75) is 27.2 Å². The van der Waals surface area contributed by atoms with Crippen LogP contribution in [0.2, 0.25) is 0 Å². The Labute approximate surface area is 85.6 Å². The molecule has 1 atom stereocenters. The highest BCUT2D eigenvalue weighted by Gasteiger charge is 2.29. The summed E-state index contributed by atoms with van der Waals surface area (Å²) in [6.45, 7) is 5.86. The zero-order valence-electron chi connectivity index (χ0n) is 9.33. The van der Waals surface area contributed by atoms with E-state index in [9.17, 15) is 4.79 Å². The Morgan fingerprint density at radius 1 is 1.50 bits per heavy atom. The molecule has 0 fully saturated rings. The molecular weight excluding hydrogens is 176 g/mol. The van der Waals surface area contributed by atoms with Crippen LogP contribution in [-0.2, 0) is 9.53 Å². The van der Waals surface area contributed by atoms with Crippen LogP contribution in [-0.4, -0.2) is 12.9 Å². The van der Waals surface area contributed by atoms with Gasteiger partial charge in [0.2, 0.25) is 0 Å². The van der Waals surface area contributed by atoms with Gasteiger partial charge in [0.05, 0.1) is 12.9 Å². The van der Waals surface area contributed by atoms with Crippen molar-refractivity contribution in [3.8, 4) is 0 Å². The normalized spacial score (nSPS) is 21.7. The monoisotopic (exact) mass is 194 g/mol. The fraction of sp³-hybridized carbons (Fsp3) is 0.583. The fourth-order valence-corrected chi connectivity index (χ4v) is 1.54. The lowest BCUT2D eigenvalue weighted by Gasteiger charge is -2.24. The largest absolute Gasteiger partial charge is 0.501 e. The molecule has 0 aromatic rings. The first-order valence-corrected chi connectivity index (χ1v) is 4.91. The summed E-state index contributed by atoms with van der Waals surface area (Å²) in [7, 11) is 1.64. The number of hydrogen-bond donors (Lipinski definition) is 0. The van der Waals surface area contributed by atoms with Crippen molar-refractivity contribution in [1.29, 1.82) is 0 Å². The second kappa shape index (κ2) is 3.99. The Morgan fingerprint density at radius 2 is 2.14 bits per heavy atom. The lowest BCUT2D eigenvalue weighted by Crippen LogP contribution is -2.28. The van der Waals surface area contributed by atoms with Crippen LogP contribution >= 0.6 is 0 Å². The highest BCUT2D eigenvalue weighted by atomic mass is 16.5. The van der Waals surface area contributed by atoms with Crippen molar-refractivity contribution in [3.05, 3.63) is 24.0 Å². The van der Waals surface area contributed by atoms with Crippen LogP contribution in [0.4, 0.5) is 0 Å². The van der Waals surface area contributed by atoms with Gasteiger partial charge in [0.1, 0.15) is 5.78 Å². The van der Waals surface area contributed by atoms with Crippen molar-refractivity contribution < 1.29 is 9.53 Å². The molecule has 0 aromatic carbocycles. The molecule has 0 bridgehead atoms. The topological polar surface area (TPSA) is 26.3 Å². The highest BCUT2D eigenvalue weighted by Crippen LogP contribution is 2.27. The number of carbonyl (C=O) groups is 1. The highest BCUT2D eigenvalue weighted by molar-refractivity contribution is 5.87. The average molecular weight is 194 g/mol. The number of carbonyl (C=O) groups excluding carboxylic acids is 1. The van der Waals surface area contributed by atoms with E-state index in [1.807, 2.05) is 39.0 Å². The van der Waals surface area contributed by atoms with Gasteiger partial charge in [-0.15, -0.1) is 0 Å². The fourth-order valence-electron chi connectivity index (χ4n) is 1.54. The van der Waals surface area contributed by atoms with Crippen LogP contribution in [0, 0.1) is 11.3 Å². The summed E-state index contributed by atoms with van der Waals surface area (Å²) in [6.07, 6.45) is 6.46. The van der Waals surface area contributed by atoms with Gasteiger partial charge in [-0.1, -0.05) is 32.9 Å². The number of allylic oxidation sites excluding steroid dienone is 4. The molecule has 14 heavy (non-hydrogen) atoms. The molecule has 0 heterocycles. The van der Waals surface area contributed by atoms with E-state index in [1.54, 1.807) is 7.11 Å². The molecule has 1 rings (SSSR count). The van der Waals surface area contributed by atoms with Gasteiger partial charge < -0.3 is 4.74 Å². The molecule has 2 heteroatoms. The molecule has 1 aliphatic carbocycles. The molecule has 0 radical (unpaired) electrons. The molecule has 0 saturated heterocycles. The van der Waals surface area contributed by atoms with E-state index in [-0.39, 0.29) is 17.1 Å². The second-order valence-corrected chi connectivity index (χ2v) is 4.65. The third-order valence-electron chi connectivity index (χ3n) is 2.38. The first kappa shape index (κ1) is 11.0. The van der Waals surface area contributed by atoms with Crippen molar-refractivity contribution in [2.75, 3.05) is 7.11 Å². The minimum Gasteiger partial charge on any atom is -0.501 e. The standard InChI is InChI=1S/C12H18O2/c1-12(2,3)11(13)9-6-5-7-10(8-9)14-4/h5-7,9H,8H2,1-4H3. The van der Waals surface area contributed by atoms with Crippen LogP contribution in [0.25, 0.3) is 0 Å². The van der Waals surface area contributed by atoms with Crippen molar-refractivity contribution in [1.82, 2.24) is 0 Å². The molecule has 0 spiro atoms. The van der Waals surface area contributed by atoms with E-state index in [0.29, 0.717) is 6.42 Å². The average Bonchev–Trinajstić information content (AvgIpc) is 2.15. The van der Waals surface area contributed by atoms with E-state index in [1.165, 1.54) is 0 Å². The minimum absolute atomic E-state index is 0.0186. The van der Waals surface area contributed by atoms with Gasteiger partial charge in [-0.05, 0) is 6.08 Å². The van der Waals surface area contributed by atoms with Crippen molar-refractivity contribution in [2.24, 2.45) is 11.3 Å². The van der Waals surface area contributed by atoms with Crippen LogP contribution < -0.4 is 0 Å². The molecule has 0 amide bonds. The van der Waals surface area contributed by atoms with Gasteiger partial charge >= 0.3 is 0 Å². The number of ketones is 1. The quantitative estimate of drug-likeness (QED) is 0.675. The molecule has 0 aliphatic heterocycles. The SMILES string of the molecule is COC1=CC=CC(C(=O)C(C)(C)C)C1. The van der Waals surface area contributed by atoms with Crippen LogP contribution in [0.1, 0.15) is 27.2 Å². The second-order valence-electron chi connectivity index (χ2n) is 4.65. The molecule has 0 N–H and O–H groups in total. The van der Waals surface area contributed by atoms with Gasteiger partial charge in [-0.25, -0.2) is 0 Å². The lowest BCUT2D eigenvalue weighted by atomic mass is 9.80. The predicted octanol–water partition coefficient (Wildman–Crippen LogP) is 2.71. The predicted molar refractivity (Wildman–Crippen MR) is 56.8 cm³/mol. The molecule has 1 unspecified atom stereocenters. The molecular formula is C12H18O2. The summed E-state index contributed by atoms with van der Waals surface area (Å²) in [6, 6.07) is 0. The van der Waals surface area contributed by atoms with Crippen molar-refractivity contribution >= 4 is 5.78 Å². The smallest absolute Gasteiger partial charge is 0.145 e. The Kier molecular flexibility index (Phi) is 3.14. The number of hydrogen-bond acceptors (Lipinski definition) is 2. The van der Waals surface area contributed by atoms with Gasteiger partial charge in [-0.3, -0.25) is 4.79 Å². The third kappa shape index (κ3) is 2.47. The van der Waals surface area contributed by atoms with Gasteiger partial charge in [0.15, 0.2) is 0 Å². The maximum absolute atomic E-state index is 11.9. The number of methoxy groups -OCH3 is 1. The molecule has 1 aliphatic rings. The van der Waals surface area contributed by atoms with Crippen LogP contribution in [0.15, 0.2) is 24.0 Å². The van der Waals surface area contributed by atoms with E-state index in [4.69, 9.17) is 4.74 Å². The van der Waals surface area contributed by atoms with Gasteiger partial charge in [0.25, 0.3) is 0 Å². The number of rotatable bonds is 2. The van der Waals surface area contributed by atoms with E-state index < -0.39 is 0 Å². The summed E-state index contributed by atoms with van der Waals surface area (Å²) < 4.78 is 5.14. The zero-order valence-corrected chi connectivity index (χ0v) is 9.33. The Morgan fingerprint density at radius 3 is 2.64 bits per heavy atom. The summed E-state index contributed by atoms with van der Waals surface area (Å²) in [5, 5.41) is 0. The summed E-state index contributed by atoms with van der Waals surface area (Å²) in [5.41, 5.74) is -0.273. The number of ether oxygens (including phenoxy) is 1. The Balaban J connectivity index is 2.71. The van der Waals surface area contributed by atoms with E-state index in [2.05, 4.69) is 0 Å². The number of Topliss-reactive ketones (excluding diaryl/α,β-unsaturated/α-hetero) is 1. The molecule has 0 aromatic heterocycles. The third-order valence-corrected chi connectivity index (χ3v) is 2.38. The van der Waals surface area contributed by atoms with E-state index >= 15 is 0 Å². The van der Waals surface area contributed by atoms with Gasteiger partial charge in [0, 0.05) is 17.8 Å². The molecule has 2 nitrogen and oxygen atoms in total. The maximum Gasteiger partial charge on any atom is 0.145 e. The molecule has 78 valence electrons. The van der Waals surface area contributed by atoms with E-state index in [0.717, 1.165) is 5.76 Å². The first-order valence-electron chi connectivity index (χ1n) is 4.91. The van der Waals surface area contributed by atoms with Crippen LogP contribution in [0.5, 0.6) is 0 Å². The van der Waals surface area contributed by atoms with Crippen LogP contribution in [0.3, 0.4) is 0 Å². The summed E-state index contributed by atoms with van der Waals surface area (Å²) in [4.78, 5) is 11.9. The lowest BCUT2D eigenvalue weighted by molar-refractivity contribution is -0.129.